The predicted octanol–water partition coefficient (Wildman–Crippen LogP) is 4.19. The Morgan fingerprint density at radius 1 is 1.11 bits per heavy atom. The molecular formula is C13H9Br2FN2O. The summed E-state index contributed by atoms with van der Waals surface area (Å²) < 4.78 is 14.1. The molecule has 19 heavy (non-hydrogen) atoms. The normalized spacial score (nSPS) is 10.3. The maximum Gasteiger partial charge on any atom is 0.256 e. The molecule has 0 aliphatic heterocycles. The maximum absolute atomic E-state index is 13.0. The number of nitrogen functional groups attached to an aromatic ring is 1. The van der Waals surface area contributed by atoms with Crippen LogP contribution in [0.3, 0.4) is 0 Å². The molecule has 6 heteroatoms. The first-order chi connectivity index (χ1) is 8.97. The van der Waals surface area contributed by atoms with Gasteiger partial charge < -0.3 is 11.1 Å². The van der Waals surface area contributed by atoms with Gasteiger partial charge in [-0.1, -0.05) is 0 Å². The number of amides is 1. The Kier molecular flexibility index (Phi) is 4.21. The fraction of sp³-hybridized carbons (Fsp3) is 0. The molecule has 0 bridgehead atoms. The topological polar surface area (TPSA) is 55.1 Å². The summed E-state index contributed by atoms with van der Waals surface area (Å²) in [6.45, 7) is 0. The van der Waals surface area contributed by atoms with Gasteiger partial charge in [-0.05, 0) is 68.3 Å². The smallest absolute Gasteiger partial charge is 0.256 e. The van der Waals surface area contributed by atoms with Gasteiger partial charge in [0.25, 0.3) is 5.91 Å². The van der Waals surface area contributed by atoms with Crippen LogP contribution in [-0.2, 0) is 0 Å². The summed E-state index contributed by atoms with van der Waals surface area (Å²) >= 11 is 6.48. The Morgan fingerprint density at radius 3 is 2.53 bits per heavy atom. The van der Waals surface area contributed by atoms with E-state index in [2.05, 4.69) is 37.2 Å². The van der Waals surface area contributed by atoms with Crippen LogP contribution in [0.25, 0.3) is 0 Å². The van der Waals surface area contributed by atoms with E-state index < -0.39 is 0 Å². The number of nitrogens with one attached hydrogen (secondary N) is 1. The highest BCUT2D eigenvalue weighted by atomic mass is 79.9. The minimum atomic E-state index is -0.380. The quantitative estimate of drug-likeness (QED) is 0.759. The molecule has 0 unspecified atom stereocenters. The van der Waals surface area contributed by atoms with Crippen LogP contribution < -0.4 is 11.1 Å². The number of anilines is 2. The number of carbonyl (C=O) groups is 1. The van der Waals surface area contributed by atoms with Crippen LogP contribution in [0.4, 0.5) is 15.8 Å². The molecule has 0 atom stereocenters. The van der Waals surface area contributed by atoms with Crippen LogP contribution in [0.1, 0.15) is 10.4 Å². The van der Waals surface area contributed by atoms with E-state index in [4.69, 9.17) is 5.73 Å². The van der Waals surface area contributed by atoms with Crippen LogP contribution in [0, 0.1) is 5.82 Å². The minimum absolute atomic E-state index is 0.327. The number of hydrogen-bond acceptors (Lipinski definition) is 2. The van der Waals surface area contributed by atoms with Gasteiger partial charge in [-0.25, -0.2) is 4.39 Å². The second-order valence-corrected chi connectivity index (χ2v) is 5.53. The lowest BCUT2D eigenvalue weighted by molar-refractivity contribution is 0.102. The summed E-state index contributed by atoms with van der Waals surface area (Å²) in [7, 11) is 0. The first-order valence-electron chi connectivity index (χ1n) is 5.29. The second-order valence-electron chi connectivity index (χ2n) is 3.82. The van der Waals surface area contributed by atoms with Crippen LogP contribution in [0.2, 0.25) is 0 Å². The van der Waals surface area contributed by atoms with E-state index in [9.17, 15) is 9.18 Å². The van der Waals surface area contributed by atoms with Crippen molar-refractivity contribution >= 4 is 49.1 Å². The number of benzene rings is 2. The molecular weight excluding hydrogens is 379 g/mol. The summed E-state index contributed by atoms with van der Waals surface area (Å²) in [6.07, 6.45) is 0. The SMILES string of the molecule is Nc1ccc(Br)c(C(=O)Nc2ccc(F)cc2Br)c1. The number of rotatable bonds is 2. The Labute approximate surface area is 126 Å². The van der Waals surface area contributed by atoms with E-state index in [0.717, 1.165) is 0 Å². The number of halogens is 3. The first-order valence-corrected chi connectivity index (χ1v) is 6.87. The van der Waals surface area contributed by atoms with Gasteiger partial charge in [0, 0.05) is 14.6 Å². The van der Waals surface area contributed by atoms with Crippen molar-refractivity contribution in [3.63, 3.8) is 0 Å². The lowest BCUT2D eigenvalue weighted by atomic mass is 10.2. The van der Waals surface area contributed by atoms with Crippen molar-refractivity contribution in [1.29, 1.82) is 0 Å². The highest BCUT2D eigenvalue weighted by molar-refractivity contribution is 9.11. The molecule has 2 rings (SSSR count). The average Bonchev–Trinajstić information content (AvgIpc) is 2.35. The fourth-order valence-corrected chi connectivity index (χ4v) is 2.37. The molecule has 0 fully saturated rings. The van der Waals surface area contributed by atoms with Crippen LogP contribution in [0.15, 0.2) is 45.3 Å². The zero-order valence-corrected chi connectivity index (χ0v) is 12.8. The summed E-state index contributed by atoms with van der Waals surface area (Å²) in [5.41, 5.74) is 7.04. The summed E-state index contributed by atoms with van der Waals surface area (Å²) in [5.74, 6) is -0.707. The van der Waals surface area contributed by atoms with E-state index in [1.54, 1.807) is 18.2 Å². The molecule has 0 radical (unpaired) electrons. The van der Waals surface area contributed by atoms with Crippen molar-refractivity contribution < 1.29 is 9.18 Å². The van der Waals surface area contributed by atoms with Gasteiger partial charge in [0.2, 0.25) is 0 Å². The highest BCUT2D eigenvalue weighted by Gasteiger charge is 2.12. The van der Waals surface area contributed by atoms with E-state index in [0.29, 0.717) is 25.9 Å². The van der Waals surface area contributed by atoms with Gasteiger partial charge in [0.05, 0.1) is 11.3 Å². The van der Waals surface area contributed by atoms with Gasteiger partial charge in [-0.3, -0.25) is 4.79 Å². The first kappa shape index (κ1) is 14.0. The molecule has 1 amide bonds. The number of hydrogen-bond donors (Lipinski definition) is 2. The monoisotopic (exact) mass is 386 g/mol. The van der Waals surface area contributed by atoms with Crippen molar-refractivity contribution in [2.75, 3.05) is 11.1 Å². The Morgan fingerprint density at radius 2 is 1.84 bits per heavy atom. The van der Waals surface area contributed by atoms with E-state index in [1.807, 2.05) is 0 Å². The van der Waals surface area contributed by atoms with Crippen LogP contribution in [0.5, 0.6) is 0 Å². The third-order valence-corrected chi connectivity index (χ3v) is 3.76. The molecule has 98 valence electrons. The second kappa shape index (κ2) is 5.71. The maximum atomic E-state index is 13.0. The molecule has 0 aliphatic rings. The molecule has 0 aliphatic carbocycles. The van der Waals surface area contributed by atoms with Crippen molar-refractivity contribution in [2.45, 2.75) is 0 Å². The summed E-state index contributed by atoms with van der Waals surface area (Å²) in [5, 5.41) is 2.68. The third kappa shape index (κ3) is 3.33. The minimum Gasteiger partial charge on any atom is -0.399 e. The molecule has 0 saturated carbocycles. The average molecular weight is 388 g/mol. The third-order valence-electron chi connectivity index (χ3n) is 2.41. The van der Waals surface area contributed by atoms with E-state index in [1.165, 1.54) is 18.2 Å². The van der Waals surface area contributed by atoms with Crippen molar-refractivity contribution in [2.24, 2.45) is 0 Å². The largest absolute Gasteiger partial charge is 0.399 e. The zero-order chi connectivity index (χ0) is 14.0. The summed E-state index contributed by atoms with van der Waals surface area (Å²) in [6, 6.07) is 8.99. The van der Waals surface area contributed by atoms with E-state index >= 15 is 0 Å². The van der Waals surface area contributed by atoms with Crippen LogP contribution >= 0.6 is 31.9 Å². The number of carbonyl (C=O) groups excluding carboxylic acids is 1. The van der Waals surface area contributed by atoms with Crippen LogP contribution in [-0.4, -0.2) is 5.91 Å². The lowest BCUT2D eigenvalue weighted by Gasteiger charge is -2.09. The standard InChI is InChI=1S/C13H9Br2FN2O/c14-10-3-2-8(17)6-9(10)13(19)18-12-4-1-7(16)5-11(12)15/h1-6H,17H2,(H,18,19). The highest BCUT2D eigenvalue weighted by Crippen LogP contribution is 2.25. The van der Waals surface area contributed by atoms with Gasteiger partial charge in [-0.15, -0.1) is 0 Å². The molecule has 3 nitrogen and oxygen atoms in total. The van der Waals surface area contributed by atoms with Crippen molar-refractivity contribution in [1.82, 2.24) is 0 Å². The van der Waals surface area contributed by atoms with Gasteiger partial charge in [-0.2, -0.15) is 0 Å². The molecule has 2 aromatic carbocycles. The fourth-order valence-electron chi connectivity index (χ4n) is 1.50. The van der Waals surface area contributed by atoms with Gasteiger partial charge in [0.1, 0.15) is 5.82 Å². The predicted molar refractivity (Wildman–Crippen MR) is 80.6 cm³/mol. The number of nitrogens with two attached hydrogens (primary N) is 1. The van der Waals surface area contributed by atoms with Gasteiger partial charge in [0.15, 0.2) is 0 Å². The lowest BCUT2D eigenvalue weighted by Crippen LogP contribution is -2.13. The Bertz CT molecular complexity index is 647. The zero-order valence-electron chi connectivity index (χ0n) is 9.58. The molecule has 0 aromatic heterocycles. The van der Waals surface area contributed by atoms with Crippen molar-refractivity contribution in [3.8, 4) is 0 Å². The molecule has 0 spiro atoms. The summed E-state index contributed by atoms with van der Waals surface area (Å²) in [4.78, 5) is 12.1. The van der Waals surface area contributed by atoms with E-state index in [-0.39, 0.29) is 11.7 Å². The molecule has 0 saturated heterocycles. The molecule has 3 N–H and O–H groups in total. The van der Waals surface area contributed by atoms with Gasteiger partial charge >= 0.3 is 0 Å². The molecule has 2 aromatic rings. The Hall–Kier alpha value is -1.40. The van der Waals surface area contributed by atoms with Crippen molar-refractivity contribution in [3.05, 3.63) is 56.7 Å². The molecule has 0 heterocycles. The Balaban J connectivity index is 2.28.